The minimum Gasteiger partial charge on any atom is -0.459 e. The van der Waals surface area contributed by atoms with Gasteiger partial charge in [-0.25, -0.2) is 0 Å². The fourth-order valence-electron chi connectivity index (χ4n) is 2.60. The van der Waals surface area contributed by atoms with Crippen LogP contribution in [0.3, 0.4) is 0 Å². The van der Waals surface area contributed by atoms with Crippen LogP contribution < -0.4 is 5.32 Å². The molecule has 108 valence electrons. The summed E-state index contributed by atoms with van der Waals surface area (Å²) in [7, 11) is 1.97. The van der Waals surface area contributed by atoms with Crippen LogP contribution in [0, 0.1) is 6.92 Å². The van der Waals surface area contributed by atoms with Gasteiger partial charge in [-0.15, -0.1) is 0 Å². The van der Waals surface area contributed by atoms with Gasteiger partial charge in [-0.2, -0.15) is 0 Å². The molecule has 21 heavy (non-hydrogen) atoms. The smallest absolute Gasteiger partial charge is 0.134 e. The molecule has 0 aliphatic heterocycles. The summed E-state index contributed by atoms with van der Waals surface area (Å²) < 4.78 is 7.11. The van der Waals surface area contributed by atoms with E-state index in [4.69, 9.17) is 4.42 Å². The zero-order valence-corrected chi connectivity index (χ0v) is 13.8. The van der Waals surface area contributed by atoms with E-state index in [2.05, 4.69) is 64.6 Å². The zero-order chi connectivity index (χ0) is 14.8. The van der Waals surface area contributed by atoms with Gasteiger partial charge in [-0.3, -0.25) is 0 Å². The number of rotatable bonds is 4. The van der Waals surface area contributed by atoms with Crippen molar-refractivity contribution in [2.75, 3.05) is 7.05 Å². The van der Waals surface area contributed by atoms with Gasteiger partial charge in [0.15, 0.2) is 0 Å². The topological polar surface area (TPSA) is 25.2 Å². The van der Waals surface area contributed by atoms with Gasteiger partial charge < -0.3 is 9.73 Å². The Kier molecular flexibility index (Phi) is 4.13. The first kappa shape index (κ1) is 14.4. The van der Waals surface area contributed by atoms with Crippen molar-refractivity contribution >= 4 is 26.9 Å². The van der Waals surface area contributed by atoms with Crippen molar-refractivity contribution < 1.29 is 4.42 Å². The van der Waals surface area contributed by atoms with Gasteiger partial charge in [0, 0.05) is 9.86 Å². The Morgan fingerprint density at radius 1 is 1.14 bits per heavy atom. The summed E-state index contributed by atoms with van der Waals surface area (Å²) in [5.41, 5.74) is 3.48. The summed E-state index contributed by atoms with van der Waals surface area (Å²) in [5, 5.41) is 4.52. The maximum atomic E-state index is 6.00. The molecule has 1 aromatic heterocycles. The maximum absolute atomic E-state index is 6.00. The second-order valence-corrected chi connectivity index (χ2v) is 6.28. The number of benzene rings is 2. The monoisotopic (exact) mass is 343 g/mol. The maximum Gasteiger partial charge on any atom is 0.134 e. The van der Waals surface area contributed by atoms with Crippen LogP contribution in [0.5, 0.6) is 0 Å². The molecule has 1 atom stereocenters. The van der Waals surface area contributed by atoms with Crippen LogP contribution in [-0.4, -0.2) is 7.05 Å². The minimum atomic E-state index is 0.173. The molecule has 0 saturated heterocycles. The predicted octanol–water partition coefficient (Wildman–Crippen LogP) is 5.01. The number of halogens is 1. The molecule has 0 aliphatic rings. The molecule has 0 spiro atoms. The van der Waals surface area contributed by atoms with Crippen LogP contribution in [0.2, 0.25) is 0 Å². The summed E-state index contributed by atoms with van der Waals surface area (Å²) in [4.78, 5) is 0. The molecule has 0 fully saturated rings. The molecule has 2 nitrogen and oxygen atoms in total. The van der Waals surface area contributed by atoms with Crippen molar-refractivity contribution in [2.45, 2.75) is 19.4 Å². The summed E-state index contributed by atoms with van der Waals surface area (Å²) in [6, 6.07) is 17.0. The second-order valence-electron chi connectivity index (χ2n) is 5.37. The van der Waals surface area contributed by atoms with E-state index in [0.29, 0.717) is 0 Å². The van der Waals surface area contributed by atoms with Gasteiger partial charge in [0.25, 0.3) is 0 Å². The van der Waals surface area contributed by atoms with Gasteiger partial charge in [0.05, 0.1) is 6.04 Å². The Balaban J connectivity index is 1.90. The van der Waals surface area contributed by atoms with Crippen molar-refractivity contribution in [2.24, 2.45) is 0 Å². The lowest BCUT2D eigenvalue weighted by molar-refractivity contribution is 0.451. The molecule has 1 unspecified atom stereocenters. The molecule has 0 bridgehead atoms. The molecule has 3 aromatic rings. The van der Waals surface area contributed by atoms with E-state index in [9.17, 15) is 0 Å². The minimum absolute atomic E-state index is 0.173. The van der Waals surface area contributed by atoms with Gasteiger partial charge in [-0.1, -0.05) is 39.7 Å². The molecule has 0 amide bonds. The van der Waals surface area contributed by atoms with Crippen molar-refractivity contribution in [1.29, 1.82) is 0 Å². The first-order valence-corrected chi connectivity index (χ1v) is 7.87. The highest BCUT2D eigenvalue weighted by atomic mass is 79.9. The van der Waals surface area contributed by atoms with Gasteiger partial charge in [-0.05, 0) is 56.3 Å². The molecular formula is C18H18BrNO. The Hall–Kier alpha value is -1.58. The fraction of sp³-hybridized carbons (Fsp3) is 0.222. The van der Waals surface area contributed by atoms with Gasteiger partial charge in [0.1, 0.15) is 11.3 Å². The quantitative estimate of drug-likeness (QED) is 0.720. The summed E-state index contributed by atoms with van der Waals surface area (Å²) in [6.45, 7) is 2.10. The van der Waals surface area contributed by atoms with Crippen LogP contribution in [0.15, 0.2) is 57.4 Å². The first-order valence-electron chi connectivity index (χ1n) is 7.07. The zero-order valence-electron chi connectivity index (χ0n) is 12.2. The van der Waals surface area contributed by atoms with Crippen LogP contribution in [0.4, 0.5) is 0 Å². The molecule has 3 heteroatoms. The number of fused-ring (bicyclic) bond motifs is 1. The fourth-order valence-corrected chi connectivity index (χ4v) is 3.05. The normalized spacial score (nSPS) is 12.7. The van der Waals surface area contributed by atoms with Gasteiger partial charge in [0.2, 0.25) is 0 Å². The van der Waals surface area contributed by atoms with Crippen LogP contribution in [0.25, 0.3) is 11.0 Å². The van der Waals surface area contributed by atoms with E-state index in [0.717, 1.165) is 22.2 Å². The Labute approximate surface area is 133 Å². The van der Waals surface area contributed by atoms with E-state index < -0.39 is 0 Å². The first-order chi connectivity index (χ1) is 10.2. The van der Waals surface area contributed by atoms with Crippen LogP contribution in [-0.2, 0) is 6.42 Å². The number of hydrogen-bond donors (Lipinski definition) is 1. The summed E-state index contributed by atoms with van der Waals surface area (Å²) in [5.74, 6) is 0.984. The van der Waals surface area contributed by atoms with E-state index in [1.165, 1.54) is 16.5 Å². The molecule has 0 saturated carbocycles. The third-order valence-corrected chi connectivity index (χ3v) is 4.20. The molecule has 1 N–H and O–H groups in total. The molecular weight excluding hydrogens is 326 g/mol. The molecule has 2 aromatic carbocycles. The Morgan fingerprint density at radius 3 is 2.76 bits per heavy atom. The largest absolute Gasteiger partial charge is 0.459 e. The molecule has 3 rings (SSSR count). The predicted molar refractivity (Wildman–Crippen MR) is 90.6 cm³/mol. The van der Waals surface area contributed by atoms with Gasteiger partial charge >= 0.3 is 0 Å². The number of furan rings is 1. The number of aryl methyl sites for hydroxylation is 1. The van der Waals surface area contributed by atoms with Crippen molar-refractivity contribution in [3.63, 3.8) is 0 Å². The van der Waals surface area contributed by atoms with E-state index in [1.807, 2.05) is 19.2 Å². The standard InChI is InChI=1S/C18H18BrNO/c1-12-6-7-17-14(8-12)11-18(21-17)16(20-2)10-13-4-3-5-15(19)9-13/h3-9,11,16,20H,10H2,1-2H3. The SMILES string of the molecule is CNC(Cc1cccc(Br)c1)c1cc2cc(C)ccc2o1. The second kappa shape index (κ2) is 6.04. The lowest BCUT2D eigenvalue weighted by Gasteiger charge is -2.13. The average Bonchev–Trinajstić information content (AvgIpc) is 2.87. The van der Waals surface area contributed by atoms with E-state index >= 15 is 0 Å². The lowest BCUT2D eigenvalue weighted by atomic mass is 10.0. The number of hydrogen-bond acceptors (Lipinski definition) is 2. The molecule has 1 heterocycles. The highest BCUT2D eigenvalue weighted by molar-refractivity contribution is 9.10. The van der Waals surface area contributed by atoms with E-state index in [-0.39, 0.29) is 6.04 Å². The third-order valence-electron chi connectivity index (χ3n) is 3.71. The summed E-state index contributed by atoms with van der Waals surface area (Å²) in [6.07, 6.45) is 0.898. The molecule has 0 aliphatic carbocycles. The van der Waals surface area contributed by atoms with Crippen molar-refractivity contribution in [1.82, 2.24) is 5.32 Å². The van der Waals surface area contributed by atoms with Crippen LogP contribution in [0.1, 0.15) is 22.9 Å². The van der Waals surface area contributed by atoms with Crippen molar-refractivity contribution in [3.05, 3.63) is 69.9 Å². The average molecular weight is 344 g/mol. The summed E-state index contributed by atoms with van der Waals surface area (Å²) >= 11 is 3.52. The lowest BCUT2D eigenvalue weighted by Crippen LogP contribution is -2.18. The van der Waals surface area contributed by atoms with Crippen molar-refractivity contribution in [3.8, 4) is 0 Å². The Morgan fingerprint density at radius 2 is 2.00 bits per heavy atom. The van der Waals surface area contributed by atoms with Crippen LogP contribution >= 0.6 is 15.9 Å². The van der Waals surface area contributed by atoms with E-state index in [1.54, 1.807) is 0 Å². The third kappa shape index (κ3) is 3.20. The Bertz CT molecular complexity index is 763. The molecule has 0 radical (unpaired) electrons. The highest BCUT2D eigenvalue weighted by Gasteiger charge is 2.15. The number of likely N-dealkylation sites (N-methyl/N-ethyl adjacent to an activating group) is 1. The number of nitrogens with one attached hydrogen (secondary N) is 1. The highest BCUT2D eigenvalue weighted by Crippen LogP contribution is 2.27.